The largest absolute Gasteiger partial charge is 0.461 e. The zero-order valence-electron chi connectivity index (χ0n) is 11.1. The van der Waals surface area contributed by atoms with Crippen LogP contribution in [0, 0.1) is 5.92 Å². The number of hydrogen-bond acceptors (Lipinski definition) is 6. The molecule has 0 spiro atoms. The summed E-state index contributed by atoms with van der Waals surface area (Å²) in [7, 11) is 0. The van der Waals surface area contributed by atoms with Crippen LogP contribution in [0.4, 0.5) is 5.82 Å². The lowest BCUT2D eigenvalue weighted by Crippen LogP contribution is -2.35. The first-order valence-corrected chi connectivity index (χ1v) is 6.61. The summed E-state index contributed by atoms with van der Waals surface area (Å²) in [5.41, 5.74) is 0.232. The highest BCUT2D eigenvalue weighted by atomic mass is 16.5. The second-order valence-electron chi connectivity index (χ2n) is 4.61. The molecule has 6 heteroatoms. The standard InChI is InChI=1S/C13H19N3O3/c1-2-19-13(18)11-3-4-12(15-14-11)16-7-5-10(9-17)6-8-16/h3-4,10,17H,2,5-9H2,1H3. The van der Waals surface area contributed by atoms with E-state index in [1.807, 2.05) is 0 Å². The summed E-state index contributed by atoms with van der Waals surface area (Å²) < 4.78 is 4.86. The van der Waals surface area contributed by atoms with Gasteiger partial charge in [-0.05, 0) is 37.8 Å². The fourth-order valence-electron chi connectivity index (χ4n) is 2.15. The zero-order chi connectivity index (χ0) is 13.7. The van der Waals surface area contributed by atoms with Crippen molar-refractivity contribution in [2.75, 3.05) is 31.2 Å². The zero-order valence-corrected chi connectivity index (χ0v) is 11.1. The number of aliphatic hydroxyl groups is 1. The number of ether oxygens (including phenoxy) is 1. The van der Waals surface area contributed by atoms with E-state index in [1.165, 1.54) is 0 Å². The van der Waals surface area contributed by atoms with E-state index in [-0.39, 0.29) is 12.3 Å². The average Bonchev–Trinajstić information content (AvgIpc) is 2.48. The van der Waals surface area contributed by atoms with Gasteiger partial charge in [0.2, 0.25) is 0 Å². The summed E-state index contributed by atoms with van der Waals surface area (Å²) in [5, 5.41) is 17.1. The Bertz CT molecular complexity index is 414. The molecule has 0 aliphatic carbocycles. The van der Waals surface area contributed by atoms with Gasteiger partial charge in [0.25, 0.3) is 0 Å². The van der Waals surface area contributed by atoms with Crippen molar-refractivity contribution in [2.24, 2.45) is 5.92 Å². The van der Waals surface area contributed by atoms with Gasteiger partial charge in [0.15, 0.2) is 11.5 Å². The van der Waals surface area contributed by atoms with E-state index in [2.05, 4.69) is 15.1 Å². The van der Waals surface area contributed by atoms with Crippen LogP contribution in [0.1, 0.15) is 30.3 Å². The average molecular weight is 265 g/mol. The van der Waals surface area contributed by atoms with Crippen molar-refractivity contribution < 1.29 is 14.6 Å². The SMILES string of the molecule is CCOC(=O)c1ccc(N2CCC(CO)CC2)nn1. The molecule has 0 unspecified atom stereocenters. The number of esters is 1. The minimum absolute atomic E-state index is 0.232. The first kappa shape index (κ1) is 13.7. The second-order valence-corrected chi connectivity index (χ2v) is 4.61. The number of hydrogen-bond donors (Lipinski definition) is 1. The minimum atomic E-state index is -0.444. The molecule has 0 aromatic carbocycles. The summed E-state index contributed by atoms with van der Waals surface area (Å²) in [6.07, 6.45) is 1.91. The number of carbonyl (C=O) groups is 1. The number of piperidine rings is 1. The predicted molar refractivity (Wildman–Crippen MR) is 70.0 cm³/mol. The maximum atomic E-state index is 11.4. The molecule has 1 aromatic rings. The van der Waals surface area contributed by atoms with E-state index in [0.29, 0.717) is 12.5 Å². The molecule has 1 aliphatic rings. The molecule has 1 aliphatic heterocycles. The van der Waals surface area contributed by atoms with Crippen molar-refractivity contribution in [3.8, 4) is 0 Å². The van der Waals surface area contributed by atoms with Crippen molar-refractivity contribution in [3.63, 3.8) is 0 Å². The van der Waals surface area contributed by atoms with Gasteiger partial charge in [-0.3, -0.25) is 0 Å². The van der Waals surface area contributed by atoms with E-state index >= 15 is 0 Å². The Balaban J connectivity index is 1.97. The van der Waals surface area contributed by atoms with Crippen LogP contribution in [0.25, 0.3) is 0 Å². The molecule has 104 valence electrons. The van der Waals surface area contributed by atoms with Crippen LogP contribution in [-0.2, 0) is 4.74 Å². The van der Waals surface area contributed by atoms with Gasteiger partial charge in [0.05, 0.1) is 6.61 Å². The van der Waals surface area contributed by atoms with Crippen molar-refractivity contribution in [1.29, 1.82) is 0 Å². The van der Waals surface area contributed by atoms with Gasteiger partial charge in [-0.1, -0.05) is 0 Å². The van der Waals surface area contributed by atoms with Crippen molar-refractivity contribution in [3.05, 3.63) is 17.8 Å². The van der Waals surface area contributed by atoms with Crippen LogP contribution in [0.15, 0.2) is 12.1 Å². The lowest BCUT2D eigenvalue weighted by Gasteiger charge is -2.31. The van der Waals surface area contributed by atoms with Crippen molar-refractivity contribution >= 4 is 11.8 Å². The van der Waals surface area contributed by atoms with Gasteiger partial charge in [-0.15, -0.1) is 10.2 Å². The van der Waals surface area contributed by atoms with Crippen LogP contribution in [0.5, 0.6) is 0 Å². The summed E-state index contributed by atoms with van der Waals surface area (Å²) >= 11 is 0. The minimum Gasteiger partial charge on any atom is -0.461 e. The van der Waals surface area contributed by atoms with Crippen LogP contribution in [0.3, 0.4) is 0 Å². The highest BCUT2D eigenvalue weighted by Gasteiger charge is 2.20. The summed E-state index contributed by atoms with van der Waals surface area (Å²) in [4.78, 5) is 13.6. The van der Waals surface area contributed by atoms with Gasteiger partial charge in [-0.25, -0.2) is 4.79 Å². The Morgan fingerprint density at radius 1 is 1.42 bits per heavy atom. The first-order chi connectivity index (χ1) is 9.24. The van der Waals surface area contributed by atoms with Gasteiger partial charge in [0.1, 0.15) is 0 Å². The van der Waals surface area contributed by atoms with E-state index in [4.69, 9.17) is 9.84 Å². The van der Waals surface area contributed by atoms with Gasteiger partial charge < -0.3 is 14.7 Å². The maximum absolute atomic E-state index is 11.4. The van der Waals surface area contributed by atoms with E-state index < -0.39 is 5.97 Å². The molecular formula is C13H19N3O3. The maximum Gasteiger partial charge on any atom is 0.358 e. The second kappa shape index (κ2) is 6.47. The molecule has 0 amide bonds. The molecule has 0 radical (unpaired) electrons. The third-order valence-electron chi connectivity index (χ3n) is 3.33. The molecule has 1 fully saturated rings. The van der Waals surface area contributed by atoms with Gasteiger partial charge in [-0.2, -0.15) is 0 Å². The summed E-state index contributed by atoms with van der Waals surface area (Å²) in [6, 6.07) is 3.43. The molecule has 0 atom stereocenters. The molecular weight excluding hydrogens is 246 g/mol. The lowest BCUT2D eigenvalue weighted by atomic mass is 9.98. The Morgan fingerprint density at radius 3 is 2.68 bits per heavy atom. The normalized spacial score (nSPS) is 16.4. The molecule has 1 N–H and O–H groups in total. The van der Waals surface area contributed by atoms with Crippen molar-refractivity contribution in [1.82, 2.24) is 10.2 Å². The first-order valence-electron chi connectivity index (χ1n) is 6.61. The Kier molecular flexibility index (Phi) is 4.68. The fourth-order valence-corrected chi connectivity index (χ4v) is 2.15. The van der Waals surface area contributed by atoms with E-state index in [1.54, 1.807) is 19.1 Å². The Morgan fingerprint density at radius 2 is 2.16 bits per heavy atom. The van der Waals surface area contributed by atoms with E-state index in [0.717, 1.165) is 31.7 Å². The van der Waals surface area contributed by atoms with Crippen LogP contribution in [0.2, 0.25) is 0 Å². The molecule has 2 rings (SSSR count). The number of aromatic nitrogens is 2. The van der Waals surface area contributed by atoms with Crippen molar-refractivity contribution in [2.45, 2.75) is 19.8 Å². The quantitative estimate of drug-likeness (QED) is 0.814. The molecule has 2 heterocycles. The number of carbonyl (C=O) groups excluding carboxylic acids is 1. The topological polar surface area (TPSA) is 75.5 Å². The van der Waals surface area contributed by atoms with Crippen LogP contribution in [-0.4, -0.2) is 47.6 Å². The monoisotopic (exact) mass is 265 g/mol. The fraction of sp³-hybridized carbons (Fsp3) is 0.615. The molecule has 6 nitrogen and oxygen atoms in total. The molecule has 0 saturated carbocycles. The molecule has 1 aromatic heterocycles. The highest BCUT2D eigenvalue weighted by molar-refractivity contribution is 5.87. The Labute approximate surface area is 112 Å². The van der Waals surface area contributed by atoms with Crippen LogP contribution >= 0.6 is 0 Å². The summed E-state index contributed by atoms with van der Waals surface area (Å²) in [5.74, 6) is 0.716. The number of anilines is 1. The lowest BCUT2D eigenvalue weighted by molar-refractivity contribution is 0.0518. The van der Waals surface area contributed by atoms with Gasteiger partial charge in [0, 0.05) is 19.7 Å². The number of aliphatic hydroxyl groups excluding tert-OH is 1. The molecule has 0 bridgehead atoms. The highest BCUT2D eigenvalue weighted by Crippen LogP contribution is 2.20. The number of nitrogens with zero attached hydrogens (tertiary/aromatic N) is 3. The third kappa shape index (κ3) is 3.41. The number of rotatable bonds is 4. The molecule has 19 heavy (non-hydrogen) atoms. The summed E-state index contributed by atoms with van der Waals surface area (Å²) in [6.45, 7) is 4.06. The third-order valence-corrected chi connectivity index (χ3v) is 3.33. The predicted octanol–water partition coefficient (Wildman–Crippen LogP) is 0.862. The van der Waals surface area contributed by atoms with Gasteiger partial charge >= 0.3 is 5.97 Å². The van der Waals surface area contributed by atoms with E-state index in [9.17, 15) is 4.79 Å². The Hall–Kier alpha value is -1.69. The van der Waals surface area contributed by atoms with Crippen LogP contribution < -0.4 is 4.90 Å². The smallest absolute Gasteiger partial charge is 0.358 e. The molecule has 1 saturated heterocycles.